The van der Waals surface area contributed by atoms with Crippen molar-refractivity contribution in [3.63, 3.8) is 0 Å². The molecule has 0 aliphatic carbocycles. The lowest BCUT2D eigenvalue weighted by Gasteiger charge is -2.46. The van der Waals surface area contributed by atoms with Gasteiger partial charge >= 0.3 is 13.1 Å². The lowest BCUT2D eigenvalue weighted by Crippen LogP contribution is -2.62. The lowest BCUT2D eigenvalue weighted by atomic mass is 9.77. The topological polar surface area (TPSA) is 102 Å². The van der Waals surface area contributed by atoms with Crippen molar-refractivity contribution in [3.8, 4) is 0 Å². The van der Waals surface area contributed by atoms with Crippen molar-refractivity contribution < 1.29 is 24.0 Å². The summed E-state index contributed by atoms with van der Waals surface area (Å²) in [5.41, 5.74) is 4.12. The van der Waals surface area contributed by atoms with Crippen LogP contribution in [0.15, 0.2) is 0 Å². The molecule has 0 aromatic heterocycles. The number of piperidine rings is 1. The van der Waals surface area contributed by atoms with Crippen molar-refractivity contribution in [2.75, 3.05) is 6.54 Å². The number of nitrogens with two attached hydrogens (primary N) is 1. The highest BCUT2D eigenvalue weighted by Crippen LogP contribution is 2.39. The van der Waals surface area contributed by atoms with E-state index < -0.39 is 11.5 Å². The van der Waals surface area contributed by atoms with Crippen LogP contribution in [0.1, 0.15) is 66.7 Å². The molecule has 2 heterocycles. The zero-order valence-corrected chi connectivity index (χ0v) is 16.7. The molecule has 0 aromatic carbocycles. The van der Waals surface area contributed by atoms with E-state index >= 15 is 0 Å². The van der Waals surface area contributed by atoms with Crippen LogP contribution < -0.4 is 5.73 Å². The van der Waals surface area contributed by atoms with Crippen molar-refractivity contribution in [2.24, 2.45) is 5.73 Å². The van der Waals surface area contributed by atoms with Crippen molar-refractivity contribution in [1.82, 2.24) is 4.90 Å². The van der Waals surface area contributed by atoms with Crippen LogP contribution in [-0.2, 0) is 18.9 Å². The second-order valence-electron chi connectivity index (χ2n) is 8.69. The molecule has 0 spiro atoms. The maximum Gasteiger partial charge on any atom is 0.457 e. The summed E-state index contributed by atoms with van der Waals surface area (Å²) in [6, 6.07) is -0.190. The van der Waals surface area contributed by atoms with Gasteiger partial charge in [-0.1, -0.05) is 12.8 Å². The minimum Gasteiger partial charge on any atom is -0.479 e. The molecule has 2 rings (SSSR count). The zero-order chi connectivity index (χ0) is 19.8. The molecule has 0 bridgehead atoms. The first-order valence-electron chi connectivity index (χ1n) is 9.54. The molecule has 0 unspecified atom stereocenters. The average Bonchev–Trinajstić information content (AvgIpc) is 2.70. The Bertz CT molecular complexity index is 538. The molecule has 2 fully saturated rings. The second kappa shape index (κ2) is 7.48. The first kappa shape index (κ1) is 21.2. The Balaban J connectivity index is 1.95. The van der Waals surface area contributed by atoms with E-state index in [1.807, 2.05) is 27.7 Å². The third-order valence-electron chi connectivity index (χ3n) is 6.20. The maximum absolute atomic E-state index is 12.1. The number of carbonyl (C=O) groups is 2. The van der Waals surface area contributed by atoms with Gasteiger partial charge in [0.15, 0.2) is 0 Å². The number of aliphatic carboxylic acids is 1. The van der Waals surface area contributed by atoms with Crippen molar-refractivity contribution in [1.29, 1.82) is 0 Å². The van der Waals surface area contributed by atoms with Gasteiger partial charge in [-0.05, 0) is 53.3 Å². The first-order chi connectivity index (χ1) is 11.9. The number of unbranched alkanes of at least 4 members (excludes halogenated alkanes) is 1. The molecule has 2 aliphatic heterocycles. The third-order valence-corrected chi connectivity index (χ3v) is 6.20. The highest BCUT2D eigenvalue weighted by molar-refractivity contribution is 6.45. The van der Waals surface area contributed by atoms with Gasteiger partial charge in [0.1, 0.15) is 5.54 Å². The summed E-state index contributed by atoms with van der Waals surface area (Å²) in [6.45, 7) is 9.89. The summed E-state index contributed by atoms with van der Waals surface area (Å²) >= 11 is 0. The minimum absolute atomic E-state index is 0.190. The number of hydrogen-bond acceptors (Lipinski definition) is 5. The Hall–Kier alpha value is -1.12. The Morgan fingerprint density at radius 2 is 1.77 bits per heavy atom. The van der Waals surface area contributed by atoms with Crippen LogP contribution in [0.3, 0.4) is 0 Å². The number of rotatable bonds is 6. The Kier molecular flexibility index (Phi) is 6.10. The van der Waals surface area contributed by atoms with Crippen molar-refractivity contribution in [2.45, 2.75) is 95.8 Å². The van der Waals surface area contributed by atoms with Gasteiger partial charge in [0.05, 0.1) is 11.2 Å². The normalized spacial score (nSPS) is 30.5. The molecule has 8 heteroatoms. The molecule has 26 heavy (non-hydrogen) atoms. The van der Waals surface area contributed by atoms with Crippen LogP contribution in [0.4, 0.5) is 0 Å². The second-order valence-corrected chi connectivity index (χ2v) is 8.69. The monoisotopic (exact) mass is 368 g/mol. The quantitative estimate of drug-likeness (QED) is 0.550. The predicted octanol–water partition coefficient (Wildman–Crippen LogP) is 2.04. The smallest absolute Gasteiger partial charge is 0.457 e. The molecule has 148 valence electrons. The van der Waals surface area contributed by atoms with Gasteiger partial charge in [-0.3, -0.25) is 4.79 Å². The zero-order valence-electron chi connectivity index (χ0n) is 16.7. The van der Waals surface area contributed by atoms with Gasteiger partial charge in [-0.25, -0.2) is 4.79 Å². The van der Waals surface area contributed by atoms with Gasteiger partial charge in [0, 0.05) is 19.5 Å². The Morgan fingerprint density at radius 1 is 1.19 bits per heavy atom. The van der Waals surface area contributed by atoms with E-state index in [-0.39, 0.29) is 30.3 Å². The molecule has 1 amide bonds. The van der Waals surface area contributed by atoms with Gasteiger partial charge in [0.25, 0.3) is 0 Å². The molecule has 2 aliphatic rings. The molecule has 0 aromatic rings. The van der Waals surface area contributed by atoms with Gasteiger partial charge < -0.3 is 25.0 Å². The van der Waals surface area contributed by atoms with Gasteiger partial charge in [0.2, 0.25) is 5.91 Å². The van der Waals surface area contributed by atoms with Crippen LogP contribution in [0.2, 0.25) is 6.32 Å². The van der Waals surface area contributed by atoms with Gasteiger partial charge in [-0.2, -0.15) is 0 Å². The molecular weight excluding hydrogens is 335 g/mol. The largest absolute Gasteiger partial charge is 0.479 e. The first-order valence-corrected chi connectivity index (χ1v) is 9.54. The van der Waals surface area contributed by atoms with E-state index in [4.69, 9.17) is 15.0 Å². The molecule has 3 N–H and O–H groups in total. The SMILES string of the molecule is CC(=O)N1CC[C@H](N)C[C@]1(CCCCB1OC(C)(C)C(C)(C)O1)C(=O)O. The number of carbonyl (C=O) groups excluding carboxylic acids is 1. The molecule has 2 atom stereocenters. The highest BCUT2D eigenvalue weighted by atomic mass is 16.7. The van der Waals surface area contributed by atoms with E-state index in [9.17, 15) is 14.7 Å². The van der Waals surface area contributed by atoms with Crippen LogP contribution in [-0.4, -0.2) is 58.3 Å². The van der Waals surface area contributed by atoms with E-state index in [2.05, 4.69) is 0 Å². The van der Waals surface area contributed by atoms with Crippen LogP contribution in [0.5, 0.6) is 0 Å². The number of carboxylic acid groups (broad SMARTS) is 1. The van der Waals surface area contributed by atoms with E-state index in [0.717, 1.165) is 6.42 Å². The fourth-order valence-electron chi connectivity index (χ4n) is 3.97. The summed E-state index contributed by atoms with van der Waals surface area (Å²) in [5, 5.41) is 9.88. The number of hydrogen-bond donors (Lipinski definition) is 2. The van der Waals surface area contributed by atoms with Crippen LogP contribution in [0.25, 0.3) is 0 Å². The minimum atomic E-state index is -1.20. The predicted molar refractivity (Wildman–Crippen MR) is 99.7 cm³/mol. The fourth-order valence-corrected chi connectivity index (χ4v) is 3.97. The standard InChI is InChI=1S/C18H33BN2O5/c1-13(22)21-11-8-14(20)12-18(21,15(23)24)9-6-7-10-19-25-16(2,3)17(4,5)26-19/h14H,6-12,20H2,1-5H3,(H,23,24)/t14-,18+/m0/s1. The molecule has 7 nitrogen and oxygen atoms in total. The van der Waals surface area contributed by atoms with Crippen molar-refractivity contribution in [3.05, 3.63) is 0 Å². The van der Waals surface area contributed by atoms with E-state index in [1.165, 1.54) is 11.8 Å². The third kappa shape index (κ3) is 4.07. The summed E-state index contributed by atoms with van der Waals surface area (Å²) in [7, 11) is -0.279. The number of amides is 1. The van der Waals surface area contributed by atoms with Crippen LogP contribution in [0, 0.1) is 0 Å². The van der Waals surface area contributed by atoms with E-state index in [1.54, 1.807) is 0 Å². The summed E-state index contributed by atoms with van der Waals surface area (Å²) in [5.74, 6) is -1.16. The number of carboxylic acids is 1. The Morgan fingerprint density at radius 3 is 2.27 bits per heavy atom. The Labute approximate surface area is 156 Å². The summed E-state index contributed by atoms with van der Waals surface area (Å²) < 4.78 is 12.0. The molecule has 2 saturated heterocycles. The highest BCUT2D eigenvalue weighted by Gasteiger charge is 2.51. The van der Waals surface area contributed by atoms with Crippen molar-refractivity contribution >= 4 is 19.0 Å². The fraction of sp³-hybridized carbons (Fsp3) is 0.889. The molecule has 0 saturated carbocycles. The lowest BCUT2D eigenvalue weighted by molar-refractivity contribution is -0.163. The van der Waals surface area contributed by atoms with Gasteiger partial charge in [-0.15, -0.1) is 0 Å². The van der Waals surface area contributed by atoms with E-state index in [0.29, 0.717) is 38.5 Å². The molecule has 0 radical (unpaired) electrons. The summed E-state index contributed by atoms with van der Waals surface area (Å²) in [4.78, 5) is 25.5. The van der Waals surface area contributed by atoms with Crippen LogP contribution >= 0.6 is 0 Å². The molecular formula is C18H33BN2O5. The number of likely N-dealkylation sites (tertiary alicyclic amines) is 1. The number of nitrogens with zero attached hydrogens (tertiary/aromatic N) is 1. The maximum atomic E-state index is 12.1. The summed E-state index contributed by atoms with van der Waals surface area (Å²) in [6.07, 6.45) is 3.49. The average molecular weight is 368 g/mol.